The predicted octanol–water partition coefficient (Wildman–Crippen LogP) is 4.20. The molecule has 1 saturated carbocycles. The number of nitrogens with zero attached hydrogens (tertiary/aromatic N) is 1. The number of urea groups is 1. The van der Waals surface area contributed by atoms with Gasteiger partial charge in [0.15, 0.2) is 0 Å². The smallest absolute Gasteiger partial charge is 0.321 e. The minimum atomic E-state index is -0.402. The van der Waals surface area contributed by atoms with Gasteiger partial charge in [0.05, 0.1) is 5.54 Å². The van der Waals surface area contributed by atoms with Gasteiger partial charge in [-0.2, -0.15) is 0 Å². The first-order chi connectivity index (χ1) is 10.1. The lowest BCUT2D eigenvalue weighted by Crippen LogP contribution is -2.38. The van der Waals surface area contributed by atoms with Gasteiger partial charge in [0, 0.05) is 16.2 Å². The van der Waals surface area contributed by atoms with Crippen molar-refractivity contribution in [2.24, 2.45) is 0 Å². The zero-order valence-electron chi connectivity index (χ0n) is 11.1. The van der Waals surface area contributed by atoms with E-state index in [1.807, 2.05) is 12.1 Å². The van der Waals surface area contributed by atoms with Crippen molar-refractivity contribution in [3.63, 3.8) is 0 Å². The molecule has 2 amide bonds. The van der Waals surface area contributed by atoms with Crippen molar-refractivity contribution >= 4 is 35.1 Å². The van der Waals surface area contributed by atoms with Gasteiger partial charge in [-0.25, -0.2) is 9.78 Å². The maximum absolute atomic E-state index is 12.1. The van der Waals surface area contributed by atoms with Crippen LogP contribution in [0.25, 0.3) is 0 Å². The van der Waals surface area contributed by atoms with Crippen LogP contribution >= 0.6 is 23.2 Å². The molecule has 1 aromatic heterocycles. The largest absolute Gasteiger partial charge is 0.328 e. The van der Waals surface area contributed by atoms with Crippen LogP contribution in [-0.2, 0) is 5.54 Å². The molecule has 0 aliphatic heterocycles. The van der Waals surface area contributed by atoms with E-state index in [9.17, 15) is 4.79 Å². The summed E-state index contributed by atoms with van der Waals surface area (Å²) in [5, 5.41) is 6.83. The summed E-state index contributed by atoms with van der Waals surface area (Å²) in [4.78, 5) is 16.1. The zero-order chi connectivity index (χ0) is 14.9. The Bertz CT molecular complexity index is 672. The molecular weight excluding hydrogens is 309 g/mol. The minimum absolute atomic E-state index is 0.294. The predicted molar refractivity (Wildman–Crippen MR) is 83.8 cm³/mol. The monoisotopic (exact) mass is 321 g/mol. The average molecular weight is 322 g/mol. The lowest BCUT2D eigenvalue weighted by molar-refractivity contribution is 0.247. The molecule has 21 heavy (non-hydrogen) atoms. The van der Waals surface area contributed by atoms with E-state index in [4.69, 9.17) is 23.2 Å². The van der Waals surface area contributed by atoms with Crippen LogP contribution in [0.4, 0.5) is 10.6 Å². The van der Waals surface area contributed by atoms with Gasteiger partial charge in [0.25, 0.3) is 0 Å². The van der Waals surface area contributed by atoms with Crippen molar-refractivity contribution in [3.8, 4) is 0 Å². The van der Waals surface area contributed by atoms with Crippen LogP contribution in [0.15, 0.2) is 42.6 Å². The van der Waals surface area contributed by atoms with Crippen LogP contribution in [0.5, 0.6) is 0 Å². The van der Waals surface area contributed by atoms with Crippen LogP contribution in [0.1, 0.15) is 18.4 Å². The van der Waals surface area contributed by atoms with E-state index in [0.717, 1.165) is 18.4 Å². The number of benzene rings is 1. The number of carbonyl (C=O) groups excluding carboxylic acids is 1. The summed E-state index contributed by atoms with van der Waals surface area (Å²) in [5.74, 6) is 0.507. The fraction of sp³-hybridized carbons (Fsp3) is 0.200. The zero-order valence-corrected chi connectivity index (χ0v) is 12.6. The van der Waals surface area contributed by atoms with Gasteiger partial charge in [-0.05, 0) is 42.7 Å². The Labute approximate surface area is 132 Å². The molecular formula is C15H13Cl2N3O. The molecule has 0 spiro atoms. The summed E-state index contributed by atoms with van der Waals surface area (Å²) in [6.45, 7) is 0. The molecule has 4 nitrogen and oxygen atoms in total. The molecule has 108 valence electrons. The molecule has 2 aromatic rings. The van der Waals surface area contributed by atoms with Gasteiger partial charge >= 0.3 is 6.03 Å². The van der Waals surface area contributed by atoms with E-state index < -0.39 is 5.54 Å². The van der Waals surface area contributed by atoms with Crippen molar-refractivity contribution in [3.05, 3.63) is 58.2 Å². The van der Waals surface area contributed by atoms with E-state index in [1.54, 1.807) is 30.5 Å². The third-order valence-electron chi connectivity index (χ3n) is 3.46. The van der Waals surface area contributed by atoms with Gasteiger partial charge in [-0.1, -0.05) is 35.3 Å². The minimum Gasteiger partial charge on any atom is -0.328 e. The topological polar surface area (TPSA) is 54.0 Å². The number of hydrogen-bond donors (Lipinski definition) is 2. The number of carbonyl (C=O) groups is 1. The van der Waals surface area contributed by atoms with E-state index >= 15 is 0 Å². The lowest BCUT2D eigenvalue weighted by atomic mass is 10.1. The first-order valence-corrected chi connectivity index (χ1v) is 7.30. The quantitative estimate of drug-likeness (QED) is 0.890. The summed E-state index contributed by atoms with van der Waals surface area (Å²) in [6.07, 6.45) is 3.33. The molecule has 1 aliphatic carbocycles. The summed E-state index contributed by atoms with van der Waals surface area (Å²) >= 11 is 12.1. The van der Waals surface area contributed by atoms with Gasteiger partial charge in [0.1, 0.15) is 5.82 Å². The Morgan fingerprint density at radius 1 is 1.19 bits per heavy atom. The second kappa shape index (κ2) is 5.54. The third kappa shape index (κ3) is 3.12. The molecule has 0 atom stereocenters. The molecule has 6 heteroatoms. The molecule has 3 rings (SSSR count). The number of nitrogens with one attached hydrogen (secondary N) is 2. The van der Waals surface area contributed by atoms with Crippen molar-refractivity contribution in [2.75, 3.05) is 5.32 Å². The molecule has 0 unspecified atom stereocenters. The Morgan fingerprint density at radius 2 is 2.00 bits per heavy atom. The van der Waals surface area contributed by atoms with Gasteiger partial charge < -0.3 is 5.32 Å². The highest BCUT2D eigenvalue weighted by Crippen LogP contribution is 2.48. The standard InChI is InChI=1S/C15H13Cl2N3O/c16-10-4-5-11(12(17)9-10)15(6-7-15)20-14(21)19-13-3-1-2-8-18-13/h1-5,8-9H,6-7H2,(H2,18,19,20,21). The first-order valence-electron chi connectivity index (χ1n) is 6.55. The van der Waals surface area contributed by atoms with Crippen LogP contribution in [0.3, 0.4) is 0 Å². The Morgan fingerprint density at radius 3 is 2.62 bits per heavy atom. The SMILES string of the molecule is O=C(Nc1ccccn1)NC1(c2ccc(Cl)cc2Cl)CC1. The number of pyridine rings is 1. The first kappa shape index (κ1) is 14.2. The molecule has 0 radical (unpaired) electrons. The van der Waals surface area contributed by atoms with Crippen molar-refractivity contribution in [1.82, 2.24) is 10.3 Å². The van der Waals surface area contributed by atoms with E-state index in [0.29, 0.717) is 15.9 Å². The maximum atomic E-state index is 12.1. The summed E-state index contributed by atoms with van der Waals surface area (Å²) in [5.41, 5.74) is 0.491. The normalized spacial score (nSPS) is 15.3. The molecule has 1 aromatic carbocycles. The van der Waals surface area contributed by atoms with Gasteiger partial charge in [-0.3, -0.25) is 5.32 Å². The molecule has 0 saturated heterocycles. The number of amides is 2. The summed E-state index contributed by atoms with van der Waals surface area (Å²) in [6, 6.07) is 10.4. The highest BCUT2D eigenvalue weighted by Gasteiger charge is 2.47. The van der Waals surface area contributed by atoms with Crippen molar-refractivity contribution < 1.29 is 4.79 Å². The lowest BCUT2D eigenvalue weighted by Gasteiger charge is -2.19. The van der Waals surface area contributed by atoms with Crippen LogP contribution in [0.2, 0.25) is 10.0 Å². The van der Waals surface area contributed by atoms with E-state index in [-0.39, 0.29) is 6.03 Å². The Kier molecular flexibility index (Phi) is 3.74. The summed E-state index contributed by atoms with van der Waals surface area (Å²) < 4.78 is 0. The van der Waals surface area contributed by atoms with Gasteiger partial charge in [0.2, 0.25) is 0 Å². The Hall–Kier alpha value is -1.78. The molecule has 1 aliphatic rings. The fourth-order valence-electron chi connectivity index (χ4n) is 2.27. The second-order valence-corrected chi connectivity index (χ2v) is 5.84. The van der Waals surface area contributed by atoms with Crippen LogP contribution in [0, 0.1) is 0 Å². The van der Waals surface area contributed by atoms with Crippen molar-refractivity contribution in [2.45, 2.75) is 18.4 Å². The number of halogens is 2. The molecule has 1 fully saturated rings. The second-order valence-electron chi connectivity index (χ2n) is 5.00. The van der Waals surface area contributed by atoms with Gasteiger partial charge in [-0.15, -0.1) is 0 Å². The Balaban J connectivity index is 1.73. The third-order valence-corrected chi connectivity index (χ3v) is 4.00. The van der Waals surface area contributed by atoms with E-state index in [2.05, 4.69) is 15.6 Å². The average Bonchev–Trinajstić information content (AvgIpc) is 3.20. The van der Waals surface area contributed by atoms with Crippen LogP contribution in [-0.4, -0.2) is 11.0 Å². The number of aromatic nitrogens is 1. The fourth-order valence-corrected chi connectivity index (χ4v) is 2.86. The maximum Gasteiger partial charge on any atom is 0.321 e. The number of hydrogen-bond acceptors (Lipinski definition) is 2. The highest BCUT2D eigenvalue weighted by atomic mass is 35.5. The van der Waals surface area contributed by atoms with Crippen molar-refractivity contribution in [1.29, 1.82) is 0 Å². The van der Waals surface area contributed by atoms with E-state index in [1.165, 1.54) is 0 Å². The molecule has 0 bridgehead atoms. The molecule has 1 heterocycles. The number of anilines is 1. The summed E-state index contributed by atoms with van der Waals surface area (Å²) in [7, 11) is 0. The number of rotatable bonds is 3. The van der Waals surface area contributed by atoms with Crippen LogP contribution < -0.4 is 10.6 Å². The molecule has 2 N–H and O–H groups in total. The highest BCUT2D eigenvalue weighted by molar-refractivity contribution is 6.35.